The second-order valence-electron chi connectivity index (χ2n) is 7.92. The van der Waals surface area contributed by atoms with Crippen molar-refractivity contribution >= 4 is 23.4 Å². The number of nitrogens with zero attached hydrogens (tertiary/aromatic N) is 3. The fraction of sp³-hybridized carbons (Fsp3) is 0.320. The molecule has 3 aromatic rings. The molecule has 0 atom stereocenters. The Balaban J connectivity index is 1.81. The molecular weight excluding hydrogens is 440 g/mol. The van der Waals surface area contributed by atoms with Crippen molar-refractivity contribution < 1.29 is 14.3 Å². The summed E-state index contributed by atoms with van der Waals surface area (Å²) in [6.45, 7) is 3.51. The summed E-state index contributed by atoms with van der Waals surface area (Å²) >= 11 is 6.47. The molecule has 172 valence electrons. The topological polar surface area (TPSA) is 76.5 Å². The Labute approximate surface area is 198 Å². The number of amides is 1. The van der Waals surface area contributed by atoms with Gasteiger partial charge in [0.15, 0.2) is 5.69 Å². The number of carbonyl (C=O) groups excluding carboxylic acids is 2. The maximum Gasteiger partial charge on any atom is 0.286 e. The normalized spacial score (nSPS) is 14.2. The van der Waals surface area contributed by atoms with E-state index < -0.39 is 0 Å². The number of hydrogen-bond donors (Lipinski definition) is 1. The standard InChI is InChI=1S/C25H27ClN4O3/c1-3-21-22(24(31)28-29-15-7-4-8-16-29)27-23(19-9-5-6-10-20(19)26)30(21)25(32)17-11-13-18(33-2)14-12-17/h5-6,9-14H,3-4,7-8,15-16H2,1-2H3,(H,28,31). The number of piperidine rings is 1. The molecule has 0 unspecified atom stereocenters. The van der Waals surface area contributed by atoms with Crippen molar-refractivity contribution in [2.45, 2.75) is 32.6 Å². The van der Waals surface area contributed by atoms with Crippen molar-refractivity contribution in [3.63, 3.8) is 0 Å². The van der Waals surface area contributed by atoms with Crippen molar-refractivity contribution in [1.82, 2.24) is 20.0 Å². The van der Waals surface area contributed by atoms with Crippen LogP contribution < -0.4 is 10.2 Å². The van der Waals surface area contributed by atoms with Gasteiger partial charge in [0, 0.05) is 24.2 Å². The lowest BCUT2D eigenvalue weighted by Gasteiger charge is -2.26. The second-order valence-corrected chi connectivity index (χ2v) is 8.33. The summed E-state index contributed by atoms with van der Waals surface area (Å²) in [7, 11) is 1.57. The lowest BCUT2D eigenvalue weighted by Crippen LogP contribution is -2.45. The summed E-state index contributed by atoms with van der Waals surface area (Å²) in [6, 6.07) is 14.0. The smallest absolute Gasteiger partial charge is 0.286 e. The van der Waals surface area contributed by atoms with Crippen LogP contribution >= 0.6 is 11.6 Å². The van der Waals surface area contributed by atoms with E-state index in [0.29, 0.717) is 39.8 Å². The first-order valence-electron chi connectivity index (χ1n) is 11.1. The van der Waals surface area contributed by atoms with Crippen LogP contribution in [-0.4, -0.2) is 46.6 Å². The lowest BCUT2D eigenvalue weighted by atomic mass is 10.1. The molecule has 4 rings (SSSR count). The van der Waals surface area contributed by atoms with Gasteiger partial charge in [-0.2, -0.15) is 0 Å². The minimum Gasteiger partial charge on any atom is -0.497 e. The predicted molar refractivity (Wildman–Crippen MR) is 128 cm³/mol. The molecule has 0 spiro atoms. The summed E-state index contributed by atoms with van der Waals surface area (Å²) in [6.07, 6.45) is 3.68. The molecule has 0 bridgehead atoms. The number of carbonyl (C=O) groups is 2. The molecule has 1 aliphatic heterocycles. The Morgan fingerprint density at radius 2 is 1.76 bits per heavy atom. The van der Waals surface area contributed by atoms with E-state index in [1.165, 1.54) is 4.57 Å². The van der Waals surface area contributed by atoms with Gasteiger partial charge in [-0.1, -0.05) is 37.1 Å². The molecule has 8 heteroatoms. The third-order valence-corrected chi connectivity index (χ3v) is 6.12. The van der Waals surface area contributed by atoms with Crippen LogP contribution in [0.1, 0.15) is 52.7 Å². The average molecular weight is 467 g/mol. The summed E-state index contributed by atoms with van der Waals surface area (Å²) in [5.41, 5.74) is 4.79. The van der Waals surface area contributed by atoms with Crippen molar-refractivity contribution in [2.75, 3.05) is 20.2 Å². The van der Waals surface area contributed by atoms with E-state index in [1.54, 1.807) is 43.5 Å². The largest absolute Gasteiger partial charge is 0.497 e. The monoisotopic (exact) mass is 466 g/mol. The van der Waals surface area contributed by atoms with Crippen LogP contribution in [0.3, 0.4) is 0 Å². The van der Waals surface area contributed by atoms with Crippen LogP contribution in [0.5, 0.6) is 5.75 Å². The third kappa shape index (κ3) is 4.79. The SMILES string of the molecule is CCc1c(C(=O)NN2CCCCC2)nc(-c2ccccc2Cl)n1C(=O)c1ccc(OC)cc1. The molecule has 1 saturated heterocycles. The van der Waals surface area contributed by atoms with Gasteiger partial charge >= 0.3 is 0 Å². The minimum absolute atomic E-state index is 0.236. The zero-order valence-electron chi connectivity index (χ0n) is 18.8. The summed E-state index contributed by atoms with van der Waals surface area (Å²) in [5, 5.41) is 2.38. The van der Waals surface area contributed by atoms with Crippen molar-refractivity contribution in [3.8, 4) is 17.1 Å². The van der Waals surface area contributed by atoms with Gasteiger partial charge in [-0.15, -0.1) is 0 Å². The van der Waals surface area contributed by atoms with Gasteiger partial charge in [0.05, 0.1) is 17.8 Å². The van der Waals surface area contributed by atoms with Crippen LogP contribution in [0.4, 0.5) is 0 Å². The maximum absolute atomic E-state index is 13.7. The highest BCUT2D eigenvalue weighted by Crippen LogP contribution is 2.30. The first kappa shape index (κ1) is 23.0. The highest BCUT2D eigenvalue weighted by Gasteiger charge is 2.28. The number of rotatable bonds is 6. The number of hydrogen-bond acceptors (Lipinski definition) is 5. The molecule has 2 aromatic carbocycles. The highest BCUT2D eigenvalue weighted by molar-refractivity contribution is 6.33. The first-order chi connectivity index (χ1) is 16.0. The number of halogens is 1. The zero-order valence-corrected chi connectivity index (χ0v) is 19.6. The van der Waals surface area contributed by atoms with Gasteiger partial charge < -0.3 is 4.74 Å². The summed E-state index contributed by atoms with van der Waals surface area (Å²) in [5.74, 6) is 0.403. The first-order valence-corrected chi connectivity index (χ1v) is 11.5. The van der Waals surface area contributed by atoms with Crippen molar-refractivity contribution in [3.05, 3.63) is 70.5 Å². The number of aromatic nitrogens is 2. The van der Waals surface area contributed by atoms with Gasteiger partial charge in [0.2, 0.25) is 0 Å². The molecule has 0 radical (unpaired) electrons. The molecule has 1 fully saturated rings. The van der Waals surface area contributed by atoms with Crippen LogP contribution in [0.15, 0.2) is 48.5 Å². The number of nitrogens with one attached hydrogen (secondary N) is 1. The molecule has 33 heavy (non-hydrogen) atoms. The van der Waals surface area contributed by atoms with Crippen LogP contribution in [0, 0.1) is 0 Å². The van der Waals surface area contributed by atoms with Crippen molar-refractivity contribution in [1.29, 1.82) is 0 Å². The number of hydrazine groups is 1. The molecule has 2 heterocycles. The second kappa shape index (κ2) is 10.2. The molecule has 0 aliphatic carbocycles. The molecule has 1 aromatic heterocycles. The van der Waals surface area contributed by atoms with E-state index >= 15 is 0 Å². The molecule has 1 aliphatic rings. The third-order valence-electron chi connectivity index (χ3n) is 5.79. The summed E-state index contributed by atoms with van der Waals surface area (Å²) < 4.78 is 6.72. The van der Waals surface area contributed by atoms with Gasteiger partial charge in [0.25, 0.3) is 11.8 Å². The number of imidazole rings is 1. The fourth-order valence-corrected chi connectivity index (χ4v) is 4.29. The van der Waals surface area contributed by atoms with Crippen molar-refractivity contribution in [2.24, 2.45) is 0 Å². The van der Waals surface area contributed by atoms with E-state index in [-0.39, 0.29) is 17.5 Å². The van der Waals surface area contributed by atoms with E-state index in [1.807, 2.05) is 24.1 Å². The Morgan fingerprint density at radius 3 is 2.39 bits per heavy atom. The highest BCUT2D eigenvalue weighted by atomic mass is 35.5. The Bertz CT molecular complexity index is 1150. The quantitative estimate of drug-likeness (QED) is 0.574. The predicted octanol–water partition coefficient (Wildman–Crippen LogP) is 4.59. The number of ether oxygens (including phenoxy) is 1. The Morgan fingerprint density at radius 1 is 1.06 bits per heavy atom. The Kier molecular flexibility index (Phi) is 7.11. The molecule has 1 N–H and O–H groups in total. The fourth-order valence-electron chi connectivity index (χ4n) is 4.07. The minimum atomic E-state index is -0.316. The van der Waals surface area contributed by atoms with E-state index in [0.717, 1.165) is 32.4 Å². The molecular formula is C25H27ClN4O3. The van der Waals surface area contributed by atoms with Gasteiger partial charge in [-0.3, -0.25) is 19.6 Å². The van der Waals surface area contributed by atoms with Crippen LogP contribution in [0.25, 0.3) is 11.4 Å². The van der Waals surface area contributed by atoms with E-state index in [4.69, 9.17) is 16.3 Å². The molecule has 1 amide bonds. The average Bonchev–Trinajstić information content (AvgIpc) is 3.24. The lowest BCUT2D eigenvalue weighted by molar-refractivity contribution is 0.0744. The Hall–Kier alpha value is -3.16. The number of methoxy groups -OCH3 is 1. The molecule has 0 saturated carbocycles. The molecule has 7 nitrogen and oxygen atoms in total. The zero-order chi connectivity index (χ0) is 23.4. The number of benzene rings is 2. The maximum atomic E-state index is 13.7. The van der Waals surface area contributed by atoms with E-state index in [2.05, 4.69) is 10.4 Å². The van der Waals surface area contributed by atoms with Crippen LogP contribution in [-0.2, 0) is 6.42 Å². The van der Waals surface area contributed by atoms with Gasteiger partial charge in [-0.25, -0.2) is 9.99 Å². The van der Waals surface area contributed by atoms with Gasteiger partial charge in [-0.05, 0) is 55.7 Å². The summed E-state index contributed by atoms with van der Waals surface area (Å²) in [4.78, 5) is 31.5. The van der Waals surface area contributed by atoms with Crippen LogP contribution in [0.2, 0.25) is 5.02 Å². The van der Waals surface area contributed by atoms with Gasteiger partial charge in [0.1, 0.15) is 11.6 Å². The van der Waals surface area contributed by atoms with E-state index in [9.17, 15) is 9.59 Å².